The molecule has 0 saturated heterocycles. The number of primary amides is 1. The monoisotopic (exact) mass is 271 g/mol. The van der Waals surface area contributed by atoms with Crippen LogP contribution in [0.2, 0.25) is 5.02 Å². The molecule has 1 rings (SSSR count). The van der Waals surface area contributed by atoms with Crippen molar-refractivity contribution in [3.63, 3.8) is 0 Å². The Labute approximate surface area is 107 Å². The number of benzene rings is 1. The van der Waals surface area contributed by atoms with E-state index in [2.05, 4.69) is 5.32 Å². The number of carbonyl (C=O) groups is 2. The second-order valence-electron chi connectivity index (χ2n) is 3.52. The van der Waals surface area contributed by atoms with Gasteiger partial charge in [0.05, 0.1) is 4.92 Å². The highest BCUT2D eigenvalue weighted by Gasteiger charge is 2.18. The number of carbonyl (C=O) groups excluding carboxylic acids is 2. The van der Waals surface area contributed by atoms with Crippen molar-refractivity contribution in [3.8, 4) is 0 Å². The summed E-state index contributed by atoms with van der Waals surface area (Å²) in [5, 5.41) is 12.9. The molecule has 8 heteroatoms. The van der Waals surface area contributed by atoms with Crippen LogP contribution in [0.25, 0.3) is 0 Å². The maximum Gasteiger partial charge on any atom is 0.288 e. The van der Waals surface area contributed by atoms with Crippen LogP contribution in [0.1, 0.15) is 17.3 Å². The number of amides is 2. The molecule has 0 heterocycles. The molecular formula is C10H10ClN3O4. The number of nitro benzene ring substituents is 1. The summed E-state index contributed by atoms with van der Waals surface area (Å²) in [7, 11) is 0. The lowest BCUT2D eigenvalue weighted by atomic mass is 10.1. The Balaban J connectivity index is 2.97. The van der Waals surface area contributed by atoms with Crippen molar-refractivity contribution in [1.29, 1.82) is 0 Å². The van der Waals surface area contributed by atoms with E-state index in [0.29, 0.717) is 0 Å². The highest BCUT2D eigenvalue weighted by molar-refractivity contribution is 6.32. The fourth-order valence-electron chi connectivity index (χ4n) is 1.14. The molecule has 7 nitrogen and oxygen atoms in total. The molecule has 0 fully saturated rings. The van der Waals surface area contributed by atoms with Gasteiger partial charge in [-0.2, -0.15) is 0 Å². The molecule has 18 heavy (non-hydrogen) atoms. The van der Waals surface area contributed by atoms with E-state index in [9.17, 15) is 19.7 Å². The molecule has 2 amide bonds. The Morgan fingerprint density at radius 2 is 2.11 bits per heavy atom. The van der Waals surface area contributed by atoms with Crippen molar-refractivity contribution < 1.29 is 14.5 Å². The van der Waals surface area contributed by atoms with Gasteiger partial charge in [0.1, 0.15) is 11.1 Å². The number of hydrogen-bond donors (Lipinski definition) is 2. The highest BCUT2D eigenvalue weighted by Crippen LogP contribution is 2.24. The van der Waals surface area contributed by atoms with Gasteiger partial charge in [-0.1, -0.05) is 11.6 Å². The van der Waals surface area contributed by atoms with Gasteiger partial charge in [-0.25, -0.2) is 0 Å². The van der Waals surface area contributed by atoms with Gasteiger partial charge in [-0.3, -0.25) is 19.7 Å². The summed E-state index contributed by atoms with van der Waals surface area (Å²) >= 11 is 5.60. The molecule has 0 aromatic heterocycles. The van der Waals surface area contributed by atoms with Crippen molar-refractivity contribution in [2.24, 2.45) is 5.73 Å². The summed E-state index contributed by atoms with van der Waals surface area (Å²) in [6, 6.07) is 2.72. The molecule has 0 saturated carbocycles. The van der Waals surface area contributed by atoms with E-state index in [1.54, 1.807) is 0 Å². The first-order valence-electron chi connectivity index (χ1n) is 4.87. The number of rotatable bonds is 4. The van der Waals surface area contributed by atoms with Crippen molar-refractivity contribution in [2.75, 3.05) is 0 Å². The lowest BCUT2D eigenvalue weighted by Crippen LogP contribution is -2.42. The van der Waals surface area contributed by atoms with E-state index < -0.39 is 22.8 Å². The third-order valence-electron chi connectivity index (χ3n) is 2.18. The Morgan fingerprint density at radius 1 is 1.50 bits per heavy atom. The number of nitrogens with one attached hydrogen (secondary N) is 1. The summed E-state index contributed by atoms with van der Waals surface area (Å²) < 4.78 is 0. The third-order valence-corrected chi connectivity index (χ3v) is 2.50. The standard InChI is InChI=1S/C10H10ClN3O4/c1-5(9(12)15)13-10(16)6-2-3-7(11)8(4-6)14(17)18/h2-5H,1H3,(H2,12,15)(H,13,16). The number of hydrogen-bond acceptors (Lipinski definition) is 4. The molecular weight excluding hydrogens is 262 g/mol. The maximum atomic E-state index is 11.7. The number of nitrogens with zero attached hydrogens (tertiary/aromatic N) is 1. The molecule has 0 aliphatic heterocycles. The van der Waals surface area contributed by atoms with Crippen LogP contribution >= 0.6 is 11.6 Å². The SMILES string of the molecule is CC(NC(=O)c1ccc(Cl)c([N+](=O)[O-])c1)C(N)=O. The van der Waals surface area contributed by atoms with Gasteiger partial charge in [0, 0.05) is 11.6 Å². The zero-order chi connectivity index (χ0) is 13.9. The van der Waals surface area contributed by atoms with Crippen LogP contribution in [0.15, 0.2) is 18.2 Å². The molecule has 0 bridgehead atoms. The van der Waals surface area contributed by atoms with Gasteiger partial charge < -0.3 is 11.1 Å². The summed E-state index contributed by atoms with van der Waals surface area (Å²) in [6.07, 6.45) is 0. The van der Waals surface area contributed by atoms with E-state index in [4.69, 9.17) is 17.3 Å². The topological polar surface area (TPSA) is 115 Å². The predicted molar refractivity (Wildman–Crippen MR) is 64.2 cm³/mol. The minimum atomic E-state index is -0.868. The van der Waals surface area contributed by atoms with Gasteiger partial charge in [-0.05, 0) is 19.1 Å². The van der Waals surface area contributed by atoms with Crippen LogP contribution in [0.3, 0.4) is 0 Å². The Hall–Kier alpha value is -2.15. The Bertz CT molecular complexity index is 518. The van der Waals surface area contributed by atoms with E-state index in [-0.39, 0.29) is 16.3 Å². The second kappa shape index (κ2) is 5.46. The van der Waals surface area contributed by atoms with Gasteiger partial charge in [0.15, 0.2) is 0 Å². The Kier molecular flexibility index (Phi) is 4.22. The first-order valence-corrected chi connectivity index (χ1v) is 5.25. The first kappa shape index (κ1) is 13.9. The van der Waals surface area contributed by atoms with E-state index in [1.165, 1.54) is 19.1 Å². The molecule has 0 aliphatic rings. The zero-order valence-electron chi connectivity index (χ0n) is 9.34. The number of halogens is 1. The minimum Gasteiger partial charge on any atom is -0.368 e. The predicted octanol–water partition coefficient (Wildman–Crippen LogP) is 0.852. The molecule has 0 aliphatic carbocycles. The van der Waals surface area contributed by atoms with E-state index in [0.717, 1.165) is 6.07 Å². The van der Waals surface area contributed by atoms with Crippen LogP contribution in [0, 0.1) is 10.1 Å². The third kappa shape index (κ3) is 3.17. The zero-order valence-corrected chi connectivity index (χ0v) is 10.1. The summed E-state index contributed by atoms with van der Waals surface area (Å²) in [5.74, 6) is -1.34. The van der Waals surface area contributed by atoms with Crippen molar-refractivity contribution in [2.45, 2.75) is 13.0 Å². The van der Waals surface area contributed by atoms with Gasteiger partial charge >= 0.3 is 0 Å². The molecule has 1 aromatic rings. The number of nitro groups is 1. The van der Waals surface area contributed by atoms with Crippen LogP contribution in [-0.4, -0.2) is 22.8 Å². The van der Waals surface area contributed by atoms with Gasteiger partial charge in [0.2, 0.25) is 5.91 Å². The molecule has 3 N–H and O–H groups in total. The van der Waals surface area contributed by atoms with Gasteiger partial charge in [-0.15, -0.1) is 0 Å². The van der Waals surface area contributed by atoms with E-state index in [1.807, 2.05) is 0 Å². The maximum absolute atomic E-state index is 11.7. The molecule has 96 valence electrons. The fraction of sp³-hybridized carbons (Fsp3) is 0.200. The summed E-state index contributed by atoms with van der Waals surface area (Å²) in [5.41, 5.74) is 4.63. The van der Waals surface area contributed by atoms with Gasteiger partial charge in [0.25, 0.3) is 11.6 Å². The minimum absolute atomic E-state index is 0.0270. The van der Waals surface area contributed by atoms with Crippen LogP contribution in [0.5, 0.6) is 0 Å². The second-order valence-corrected chi connectivity index (χ2v) is 3.93. The quantitative estimate of drug-likeness (QED) is 0.624. The molecule has 0 radical (unpaired) electrons. The van der Waals surface area contributed by atoms with Crippen LogP contribution in [-0.2, 0) is 4.79 Å². The van der Waals surface area contributed by atoms with Crippen LogP contribution < -0.4 is 11.1 Å². The first-order chi connectivity index (χ1) is 8.32. The number of nitrogens with two attached hydrogens (primary N) is 1. The lowest BCUT2D eigenvalue weighted by molar-refractivity contribution is -0.384. The van der Waals surface area contributed by atoms with Crippen molar-refractivity contribution in [3.05, 3.63) is 38.9 Å². The Morgan fingerprint density at radius 3 is 2.61 bits per heavy atom. The average molecular weight is 272 g/mol. The smallest absolute Gasteiger partial charge is 0.288 e. The fourth-order valence-corrected chi connectivity index (χ4v) is 1.33. The highest BCUT2D eigenvalue weighted by atomic mass is 35.5. The molecule has 1 unspecified atom stereocenters. The largest absolute Gasteiger partial charge is 0.368 e. The van der Waals surface area contributed by atoms with E-state index >= 15 is 0 Å². The normalized spacial score (nSPS) is 11.7. The van der Waals surface area contributed by atoms with Crippen LogP contribution in [0.4, 0.5) is 5.69 Å². The summed E-state index contributed by atoms with van der Waals surface area (Å²) in [6.45, 7) is 1.41. The molecule has 0 spiro atoms. The molecule has 1 aromatic carbocycles. The molecule has 1 atom stereocenters. The summed E-state index contributed by atoms with van der Waals surface area (Å²) in [4.78, 5) is 32.4. The lowest BCUT2D eigenvalue weighted by Gasteiger charge is -2.09. The average Bonchev–Trinajstić information content (AvgIpc) is 2.28. The van der Waals surface area contributed by atoms with Crippen molar-refractivity contribution >= 4 is 29.1 Å². The van der Waals surface area contributed by atoms with Crippen molar-refractivity contribution in [1.82, 2.24) is 5.32 Å².